The molecule has 0 radical (unpaired) electrons. The first-order valence-corrected chi connectivity index (χ1v) is 11.5. The van der Waals surface area contributed by atoms with Crippen molar-refractivity contribution in [3.8, 4) is 16.9 Å². The molecule has 1 heterocycles. The molecule has 0 saturated heterocycles. The molecular formula is C25H22N2O3S. The first kappa shape index (κ1) is 20.6. The Balaban J connectivity index is 1.58. The van der Waals surface area contributed by atoms with E-state index in [0.717, 1.165) is 5.56 Å². The molecule has 0 unspecified atom stereocenters. The lowest BCUT2D eigenvalue weighted by atomic mass is 10.0. The van der Waals surface area contributed by atoms with E-state index in [4.69, 9.17) is 0 Å². The monoisotopic (exact) mass is 430 g/mol. The summed E-state index contributed by atoms with van der Waals surface area (Å²) in [5.74, 6) is -0.0181. The standard InChI is InChI=1S/C25H22N2O3S/c28-25-23(14-15-26-24(25)16-19-8-3-1-4-9-19)21-12-7-13-22(17-21)27-31(29,30)18-20-10-5-2-6-11-20/h1-15,17,27-28H,16,18H2. The van der Waals surface area contributed by atoms with Crippen LogP contribution >= 0.6 is 0 Å². The van der Waals surface area contributed by atoms with Crippen LogP contribution in [-0.2, 0) is 22.2 Å². The Morgan fingerprint density at radius 1 is 0.806 bits per heavy atom. The molecule has 0 atom stereocenters. The van der Waals surface area contributed by atoms with Crippen LogP contribution in [-0.4, -0.2) is 18.5 Å². The van der Waals surface area contributed by atoms with E-state index in [1.807, 2.05) is 54.6 Å². The third-order valence-corrected chi connectivity index (χ3v) is 6.12. The molecule has 4 aromatic rings. The second-order valence-corrected chi connectivity index (χ2v) is 8.97. The highest BCUT2D eigenvalue weighted by atomic mass is 32.2. The van der Waals surface area contributed by atoms with E-state index in [0.29, 0.717) is 34.5 Å². The lowest BCUT2D eigenvalue weighted by Crippen LogP contribution is -2.15. The molecule has 0 aliphatic rings. The summed E-state index contributed by atoms with van der Waals surface area (Å²) >= 11 is 0. The largest absolute Gasteiger partial charge is 0.505 e. The zero-order valence-electron chi connectivity index (χ0n) is 16.8. The van der Waals surface area contributed by atoms with Gasteiger partial charge in [-0.15, -0.1) is 0 Å². The van der Waals surface area contributed by atoms with Gasteiger partial charge < -0.3 is 5.11 Å². The van der Waals surface area contributed by atoms with E-state index >= 15 is 0 Å². The predicted molar refractivity (Wildman–Crippen MR) is 123 cm³/mol. The molecule has 0 spiro atoms. The van der Waals surface area contributed by atoms with Gasteiger partial charge in [-0.25, -0.2) is 8.42 Å². The van der Waals surface area contributed by atoms with Crippen molar-refractivity contribution in [1.29, 1.82) is 0 Å². The van der Waals surface area contributed by atoms with Crippen molar-refractivity contribution >= 4 is 15.7 Å². The zero-order chi connectivity index (χ0) is 21.7. The van der Waals surface area contributed by atoms with Gasteiger partial charge in [0.1, 0.15) is 5.75 Å². The third kappa shape index (κ3) is 5.29. The van der Waals surface area contributed by atoms with Crippen molar-refractivity contribution in [2.24, 2.45) is 0 Å². The van der Waals surface area contributed by atoms with Crippen LogP contribution in [0.5, 0.6) is 5.75 Å². The highest BCUT2D eigenvalue weighted by molar-refractivity contribution is 7.91. The molecule has 0 fully saturated rings. The highest BCUT2D eigenvalue weighted by Gasteiger charge is 2.14. The molecular weight excluding hydrogens is 408 g/mol. The molecule has 3 aromatic carbocycles. The first-order valence-electron chi connectivity index (χ1n) is 9.86. The third-order valence-electron chi connectivity index (χ3n) is 4.86. The predicted octanol–water partition coefficient (Wildman–Crippen LogP) is 4.99. The van der Waals surface area contributed by atoms with Crippen molar-refractivity contribution in [2.75, 3.05) is 4.72 Å². The van der Waals surface area contributed by atoms with E-state index in [2.05, 4.69) is 9.71 Å². The highest BCUT2D eigenvalue weighted by Crippen LogP contribution is 2.33. The number of aromatic nitrogens is 1. The molecule has 6 heteroatoms. The van der Waals surface area contributed by atoms with E-state index in [-0.39, 0.29) is 11.5 Å². The number of rotatable bonds is 7. The smallest absolute Gasteiger partial charge is 0.236 e. The van der Waals surface area contributed by atoms with Crippen molar-refractivity contribution in [3.63, 3.8) is 0 Å². The van der Waals surface area contributed by atoms with Crippen LogP contribution in [0.1, 0.15) is 16.8 Å². The Morgan fingerprint density at radius 3 is 2.19 bits per heavy atom. The molecule has 1 aromatic heterocycles. The summed E-state index contributed by atoms with van der Waals surface area (Å²) in [6.45, 7) is 0. The summed E-state index contributed by atoms with van der Waals surface area (Å²) < 4.78 is 27.8. The van der Waals surface area contributed by atoms with Crippen molar-refractivity contribution in [3.05, 3.63) is 114 Å². The zero-order valence-corrected chi connectivity index (χ0v) is 17.6. The Kier molecular flexibility index (Phi) is 6.00. The van der Waals surface area contributed by atoms with Gasteiger partial charge in [-0.3, -0.25) is 9.71 Å². The summed E-state index contributed by atoms with van der Waals surface area (Å²) in [6.07, 6.45) is 2.16. The summed E-state index contributed by atoms with van der Waals surface area (Å²) in [5.41, 5.74) is 4.07. The quantitative estimate of drug-likeness (QED) is 0.433. The van der Waals surface area contributed by atoms with Gasteiger partial charge in [-0.05, 0) is 34.9 Å². The molecule has 5 nitrogen and oxygen atoms in total. The van der Waals surface area contributed by atoms with Crippen LogP contribution in [0.2, 0.25) is 0 Å². The second kappa shape index (κ2) is 9.02. The topological polar surface area (TPSA) is 79.3 Å². The molecule has 0 bridgehead atoms. The second-order valence-electron chi connectivity index (χ2n) is 7.24. The minimum Gasteiger partial charge on any atom is -0.505 e. The molecule has 4 rings (SSSR count). The maximum absolute atomic E-state index is 12.6. The summed E-state index contributed by atoms with van der Waals surface area (Å²) in [5, 5.41) is 10.8. The summed E-state index contributed by atoms with van der Waals surface area (Å²) in [7, 11) is -3.57. The maximum Gasteiger partial charge on any atom is 0.236 e. The fourth-order valence-electron chi connectivity index (χ4n) is 3.41. The molecule has 0 amide bonds. The van der Waals surface area contributed by atoms with Crippen LogP contribution in [0.4, 0.5) is 5.69 Å². The van der Waals surface area contributed by atoms with Gasteiger partial charge >= 0.3 is 0 Å². The Morgan fingerprint density at radius 2 is 1.48 bits per heavy atom. The maximum atomic E-state index is 12.6. The molecule has 0 aliphatic heterocycles. The van der Waals surface area contributed by atoms with Crippen molar-refractivity contribution < 1.29 is 13.5 Å². The number of pyridine rings is 1. The molecule has 2 N–H and O–H groups in total. The molecule has 0 saturated carbocycles. The number of hydrogen-bond acceptors (Lipinski definition) is 4. The van der Waals surface area contributed by atoms with Crippen LogP contribution in [0.3, 0.4) is 0 Å². The van der Waals surface area contributed by atoms with Gasteiger partial charge in [0.2, 0.25) is 10.0 Å². The molecule has 31 heavy (non-hydrogen) atoms. The number of sulfonamides is 1. The number of nitrogens with one attached hydrogen (secondary N) is 1. The van der Waals surface area contributed by atoms with E-state index in [1.54, 1.807) is 42.6 Å². The molecule has 156 valence electrons. The van der Waals surface area contributed by atoms with Gasteiger partial charge in [0.25, 0.3) is 0 Å². The number of benzene rings is 3. The minimum absolute atomic E-state index is 0.0932. The lowest BCUT2D eigenvalue weighted by Gasteiger charge is -2.12. The van der Waals surface area contributed by atoms with Gasteiger partial charge in [0, 0.05) is 23.9 Å². The van der Waals surface area contributed by atoms with E-state index < -0.39 is 10.0 Å². The van der Waals surface area contributed by atoms with Crippen LogP contribution in [0.15, 0.2) is 97.2 Å². The normalized spacial score (nSPS) is 11.2. The van der Waals surface area contributed by atoms with Crippen LogP contribution in [0.25, 0.3) is 11.1 Å². The number of anilines is 1. The van der Waals surface area contributed by atoms with Gasteiger partial charge in [0.15, 0.2) is 0 Å². The van der Waals surface area contributed by atoms with Crippen molar-refractivity contribution in [1.82, 2.24) is 4.98 Å². The average molecular weight is 431 g/mol. The first-order chi connectivity index (χ1) is 15.0. The fourth-order valence-corrected chi connectivity index (χ4v) is 4.60. The van der Waals surface area contributed by atoms with E-state index in [9.17, 15) is 13.5 Å². The van der Waals surface area contributed by atoms with Gasteiger partial charge in [-0.2, -0.15) is 0 Å². The number of hydrogen-bond donors (Lipinski definition) is 2. The van der Waals surface area contributed by atoms with Gasteiger partial charge in [0.05, 0.1) is 11.4 Å². The Labute approximate surface area is 182 Å². The van der Waals surface area contributed by atoms with Crippen molar-refractivity contribution in [2.45, 2.75) is 12.2 Å². The number of nitrogens with zero attached hydrogens (tertiary/aromatic N) is 1. The van der Waals surface area contributed by atoms with Gasteiger partial charge in [-0.1, -0.05) is 72.8 Å². The summed E-state index contributed by atoms with van der Waals surface area (Å²) in [4.78, 5) is 4.33. The Hall–Kier alpha value is -3.64. The average Bonchev–Trinajstić information content (AvgIpc) is 2.76. The molecule has 0 aliphatic carbocycles. The SMILES string of the molecule is O=S(=O)(Cc1ccccc1)Nc1cccc(-c2ccnc(Cc3ccccc3)c2O)c1. The van der Waals surface area contributed by atoms with E-state index in [1.165, 1.54) is 0 Å². The number of aromatic hydroxyl groups is 1. The van der Waals surface area contributed by atoms with Crippen LogP contribution < -0.4 is 4.72 Å². The lowest BCUT2D eigenvalue weighted by molar-refractivity contribution is 0.467. The fraction of sp³-hybridized carbons (Fsp3) is 0.0800. The van der Waals surface area contributed by atoms with Crippen LogP contribution in [0, 0.1) is 0 Å². The Bertz CT molecular complexity index is 1270. The minimum atomic E-state index is -3.57. The summed E-state index contributed by atoms with van der Waals surface area (Å²) in [6, 6.07) is 27.5.